The molecule has 1 amide bonds. The van der Waals surface area contributed by atoms with Crippen LogP contribution in [-0.4, -0.2) is 41.9 Å². The Balaban J connectivity index is 1.55. The number of thiazole rings is 1. The molecule has 124 valence electrons. The fourth-order valence-electron chi connectivity index (χ4n) is 3.10. The molecule has 0 radical (unpaired) electrons. The molecule has 1 aliphatic rings. The molecule has 1 atom stereocenters. The van der Waals surface area contributed by atoms with Crippen molar-refractivity contribution >= 4 is 23.0 Å². The average Bonchev–Trinajstić information content (AvgIpc) is 3.20. The van der Waals surface area contributed by atoms with Gasteiger partial charge in [0, 0.05) is 30.0 Å². The number of hydrogen-bond donors (Lipinski definition) is 0. The minimum Gasteiger partial charge on any atom is -0.333 e. The van der Waals surface area contributed by atoms with Crippen LogP contribution in [0.4, 0.5) is 0 Å². The molecular weight excluding hydrogens is 324 g/mol. The summed E-state index contributed by atoms with van der Waals surface area (Å²) in [4.78, 5) is 27.8. The van der Waals surface area contributed by atoms with Gasteiger partial charge in [0.05, 0.1) is 12.5 Å². The summed E-state index contributed by atoms with van der Waals surface area (Å²) in [7, 11) is 0. The van der Waals surface area contributed by atoms with Gasteiger partial charge in [-0.15, -0.1) is 16.4 Å². The number of nitrogens with zero attached hydrogens (tertiary/aromatic N) is 6. The van der Waals surface area contributed by atoms with Crippen LogP contribution in [0.5, 0.6) is 0 Å². The molecule has 7 nitrogen and oxygen atoms in total. The maximum absolute atomic E-state index is 12.8. The van der Waals surface area contributed by atoms with E-state index in [9.17, 15) is 4.79 Å². The standard InChI is InChI=1S/C16H18N6OS/c1-11-10-24-15(18-11)12-5-2-3-7-21(12)14(23)9-13-19-16-17-6-4-8-22(16)20-13/h4,6,8,10,12H,2-3,5,7,9H2,1H3. The van der Waals surface area contributed by atoms with Gasteiger partial charge in [-0.1, -0.05) is 0 Å². The minimum absolute atomic E-state index is 0.0588. The zero-order valence-corrected chi connectivity index (χ0v) is 14.2. The lowest BCUT2D eigenvalue weighted by Gasteiger charge is -2.34. The van der Waals surface area contributed by atoms with E-state index in [2.05, 4.69) is 20.1 Å². The molecule has 3 aromatic rings. The number of fused-ring (bicyclic) bond motifs is 1. The summed E-state index contributed by atoms with van der Waals surface area (Å²) in [5.41, 5.74) is 1.01. The summed E-state index contributed by atoms with van der Waals surface area (Å²) in [5.74, 6) is 1.09. The zero-order valence-electron chi connectivity index (χ0n) is 13.4. The van der Waals surface area contributed by atoms with Gasteiger partial charge < -0.3 is 4.90 Å². The average molecular weight is 342 g/mol. The van der Waals surface area contributed by atoms with E-state index < -0.39 is 0 Å². The van der Waals surface area contributed by atoms with E-state index in [1.54, 1.807) is 34.3 Å². The van der Waals surface area contributed by atoms with Crippen molar-refractivity contribution in [3.05, 3.63) is 40.4 Å². The van der Waals surface area contributed by atoms with Crippen LogP contribution in [0.25, 0.3) is 5.78 Å². The molecule has 0 N–H and O–H groups in total. The molecule has 1 fully saturated rings. The van der Waals surface area contributed by atoms with Crippen LogP contribution >= 0.6 is 11.3 Å². The molecule has 1 saturated heterocycles. The van der Waals surface area contributed by atoms with Gasteiger partial charge in [-0.3, -0.25) is 4.79 Å². The number of amides is 1. The lowest BCUT2D eigenvalue weighted by molar-refractivity contribution is -0.134. The highest BCUT2D eigenvalue weighted by atomic mass is 32.1. The van der Waals surface area contributed by atoms with Gasteiger partial charge in [0.15, 0.2) is 5.82 Å². The van der Waals surface area contributed by atoms with Crippen LogP contribution in [0, 0.1) is 6.92 Å². The summed E-state index contributed by atoms with van der Waals surface area (Å²) in [6.45, 7) is 2.76. The molecule has 0 aliphatic carbocycles. The Hall–Kier alpha value is -2.35. The van der Waals surface area contributed by atoms with Gasteiger partial charge >= 0.3 is 0 Å². The highest BCUT2D eigenvalue weighted by Gasteiger charge is 2.30. The molecule has 24 heavy (non-hydrogen) atoms. The van der Waals surface area contributed by atoms with Crippen molar-refractivity contribution in [1.82, 2.24) is 29.5 Å². The van der Waals surface area contributed by atoms with Crippen molar-refractivity contribution in [3.63, 3.8) is 0 Å². The summed E-state index contributed by atoms with van der Waals surface area (Å²) < 4.78 is 1.60. The Morgan fingerprint density at radius 2 is 2.29 bits per heavy atom. The van der Waals surface area contributed by atoms with E-state index in [1.165, 1.54) is 0 Å². The first-order valence-electron chi connectivity index (χ1n) is 8.08. The lowest BCUT2D eigenvalue weighted by atomic mass is 10.0. The van der Waals surface area contributed by atoms with Crippen LogP contribution in [0.2, 0.25) is 0 Å². The number of aromatic nitrogens is 5. The second kappa shape index (κ2) is 6.27. The Morgan fingerprint density at radius 3 is 3.08 bits per heavy atom. The first-order valence-corrected chi connectivity index (χ1v) is 8.96. The second-order valence-electron chi connectivity index (χ2n) is 5.99. The summed E-state index contributed by atoms with van der Waals surface area (Å²) >= 11 is 1.64. The van der Waals surface area contributed by atoms with Gasteiger partial charge in [0.1, 0.15) is 5.01 Å². The van der Waals surface area contributed by atoms with E-state index in [0.717, 1.165) is 36.5 Å². The maximum Gasteiger partial charge on any atom is 0.252 e. The zero-order chi connectivity index (χ0) is 16.5. The van der Waals surface area contributed by atoms with Crippen LogP contribution in [0.3, 0.4) is 0 Å². The van der Waals surface area contributed by atoms with E-state index in [0.29, 0.717) is 11.6 Å². The van der Waals surface area contributed by atoms with E-state index in [1.807, 2.05) is 17.2 Å². The molecule has 4 rings (SSSR count). The van der Waals surface area contributed by atoms with E-state index in [4.69, 9.17) is 0 Å². The predicted molar refractivity (Wildman–Crippen MR) is 89.6 cm³/mol. The van der Waals surface area contributed by atoms with Crippen LogP contribution in [0.1, 0.15) is 41.8 Å². The predicted octanol–water partition coefficient (Wildman–Crippen LogP) is 2.19. The Kier molecular flexibility index (Phi) is 3.97. The first kappa shape index (κ1) is 15.2. The normalized spacial score (nSPS) is 18.2. The van der Waals surface area contributed by atoms with Gasteiger partial charge in [-0.25, -0.2) is 14.5 Å². The Morgan fingerprint density at radius 1 is 1.38 bits per heavy atom. The molecule has 0 aromatic carbocycles. The number of hydrogen-bond acceptors (Lipinski definition) is 6. The molecule has 0 saturated carbocycles. The molecular formula is C16H18N6OS. The van der Waals surface area contributed by atoms with E-state index in [-0.39, 0.29) is 18.4 Å². The minimum atomic E-state index is 0.0588. The van der Waals surface area contributed by atoms with Crippen molar-refractivity contribution in [3.8, 4) is 0 Å². The van der Waals surface area contributed by atoms with Crippen molar-refractivity contribution < 1.29 is 4.79 Å². The fourth-order valence-corrected chi connectivity index (χ4v) is 4.04. The van der Waals surface area contributed by atoms with Crippen molar-refractivity contribution in [2.24, 2.45) is 0 Å². The molecule has 1 unspecified atom stereocenters. The third kappa shape index (κ3) is 2.89. The number of carbonyl (C=O) groups excluding carboxylic acids is 1. The molecule has 1 aliphatic heterocycles. The smallest absolute Gasteiger partial charge is 0.252 e. The van der Waals surface area contributed by atoms with Gasteiger partial charge in [-0.2, -0.15) is 4.98 Å². The van der Waals surface area contributed by atoms with Crippen molar-refractivity contribution in [1.29, 1.82) is 0 Å². The Labute approximate surface area is 143 Å². The van der Waals surface area contributed by atoms with Gasteiger partial charge in [-0.05, 0) is 32.3 Å². The maximum atomic E-state index is 12.8. The summed E-state index contributed by atoms with van der Waals surface area (Å²) in [6, 6.07) is 1.87. The number of piperidine rings is 1. The SMILES string of the molecule is Cc1csc(C2CCCCN2C(=O)Cc2nc3ncccn3n2)n1. The van der Waals surface area contributed by atoms with Crippen molar-refractivity contribution in [2.75, 3.05) is 6.54 Å². The molecule has 0 spiro atoms. The van der Waals surface area contributed by atoms with Crippen LogP contribution < -0.4 is 0 Å². The fraction of sp³-hybridized carbons (Fsp3) is 0.438. The quantitative estimate of drug-likeness (QED) is 0.729. The van der Waals surface area contributed by atoms with Gasteiger partial charge in [0.2, 0.25) is 5.91 Å². The summed E-state index contributed by atoms with van der Waals surface area (Å²) in [6.07, 6.45) is 6.78. The number of likely N-dealkylation sites (tertiary alicyclic amines) is 1. The number of carbonyl (C=O) groups is 1. The second-order valence-corrected chi connectivity index (χ2v) is 6.88. The lowest BCUT2D eigenvalue weighted by Crippen LogP contribution is -2.39. The summed E-state index contributed by atoms with van der Waals surface area (Å²) in [5, 5.41) is 7.41. The third-order valence-electron chi connectivity index (χ3n) is 4.21. The van der Waals surface area contributed by atoms with E-state index >= 15 is 0 Å². The Bertz CT molecular complexity index is 839. The molecule has 4 heterocycles. The number of rotatable bonds is 3. The first-order chi connectivity index (χ1) is 11.7. The van der Waals surface area contributed by atoms with Crippen LogP contribution in [-0.2, 0) is 11.2 Å². The molecule has 0 bridgehead atoms. The molecule has 3 aromatic heterocycles. The van der Waals surface area contributed by atoms with Crippen molar-refractivity contribution in [2.45, 2.75) is 38.6 Å². The monoisotopic (exact) mass is 342 g/mol. The number of aryl methyl sites for hydroxylation is 1. The third-order valence-corrected chi connectivity index (χ3v) is 5.28. The van der Waals surface area contributed by atoms with Gasteiger partial charge in [0.25, 0.3) is 5.78 Å². The highest BCUT2D eigenvalue weighted by molar-refractivity contribution is 7.09. The highest BCUT2D eigenvalue weighted by Crippen LogP contribution is 2.33. The molecule has 8 heteroatoms. The largest absolute Gasteiger partial charge is 0.333 e. The topological polar surface area (TPSA) is 76.3 Å². The van der Waals surface area contributed by atoms with Crippen LogP contribution in [0.15, 0.2) is 23.8 Å².